The number of hydrogen-bond donors (Lipinski definition) is 2. The van der Waals surface area contributed by atoms with Crippen LogP contribution in [-0.4, -0.2) is 10.2 Å². The molecule has 6 heteroatoms. The number of benzene rings is 3. The molecule has 0 aliphatic carbocycles. The van der Waals surface area contributed by atoms with Crippen molar-refractivity contribution in [2.24, 2.45) is 0 Å². The second-order valence-electron chi connectivity index (χ2n) is 6.20. The van der Waals surface area contributed by atoms with Gasteiger partial charge in [0.1, 0.15) is 0 Å². The summed E-state index contributed by atoms with van der Waals surface area (Å²) < 4.78 is 0. The van der Waals surface area contributed by atoms with Crippen molar-refractivity contribution < 1.29 is 10.2 Å². The third kappa shape index (κ3) is 3.48. The molecule has 2 N–H and O–H groups in total. The summed E-state index contributed by atoms with van der Waals surface area (Å²) >= 11 is 24.9. The quantitative estimate of drug-likeness (QED) is 0.412. The number of aromatic hydroxyl groups is 2. The lowest BCUT2D eigenvalue weighted by molar-refractivity contribution is 0.474. The Bertz CT molecular complexity index is 883. The van der Waals surface area contributed by atoms with E-state index in [1.807, 2.05) is 37.3 Å². The molecule has 0 amide bonds. The van der Waals surface area contributed by atoms with Crippen LogP contribution in [0.15, 0.2) is 54.6 Å². The van der Waals surface area contributed by atoms with Gasteiger partial charge in [-0.2, -0.15) is 0 Å². The first-order chi connectivity index (χ1) is 12.8. The Kier molecular flexibility index (Phi) is 5.83. The fraction of sp³-hybridized carbons (Fsp3) is 0.143. The van der Waals surface area contributed by atoms with E-state index in [4.69, 9.17) is 46.4 Å². The molecule has 0 heterocycles. The van der Waals surface area contributed by atoms with Gasteiger partial charge in [-0.25, -0.2) is 0 Å². The highest BCUT2D eigenvalue weighted by molar-refractivity contribution is 6.37. The summed E-state index contributed by atoms with van der Waals surface area (Å²) in [5.74, 6) is -0.330. The lowest BCUT2D eigenvalue weighted by Gasteiger charge is -2.36. The summed E-state index contributed by atoms with van der Waals surface area (Å²) in [6.07, 6.45) is 0.631. The summed E-state index contributed by atoms with van der Waals surface area (Å²) in [5, 5.41) is 20.6. The van der Waals surface area contributed by atoms with Crippen molar-refractivity contribution in [3.63, 3.8) is 0 Å². The molecule has 0 spiro atoms. The fourth-order valence-corrected chi connectivity index (χ4v) is 4.43. The predicted molar refractivity (Wildman–Crippen MR) is 113 cm³/mol. The fourth-order valence-electron chi connectivity index (χ4n) is 3.46. The first-order valence-electron chi connectivity index (χ1n) is 8.23. The van der Waals surface area contributed by atoms with Gasteiger partial charge in [-0.05, 0) is 47.4 Å². The van der Waals surface area contributed by atoms with Crippen molar-refractivity contribution in [2.45, 2.75) is 18.8 Å². The molecular weight excluding hydrogens is 426 g/mol. The Balaban J connectivity index is 2.41. The molecule has 3 rings (SSSR count). The average molecular weight is 442 g/mol. The first kappa shape index (κ1) is 20.2. The van der Waals surface area contributed by atoms with E-state index >= 15 is 0 Å². The normalized spacial score (nSPS) is 11.6. The van der Waals surface area contributed by atoms with Crippen molar-refractivity contribution in [1.29, 1.82) is 0 Å². The van der Waals surface area contributed by atoms with Gasteiger partial charge in [-0.15, -0.1) is 0 Å². The number of phenolic OH excluding ortho intramolecular Hbond substituents is 2. The predicted octanol–water partition coefficient (Wildman–Crippen LogP) is 7.46. The molecule has 3 aromatic carbocycles. The molecule has 0 atom stereocenters. The van der Waals surface area contributed by atoms with Gasteiger partial charge in [-0.3, -0.25) is 0 Å². The van der Waals surface area contributed by atoms with Gasteiger partial charge >= 0.3 is 0 Å². The highest BCUT2D eigenvalue weighted by Gasteiger charge is 2.36. The molecule has 0 bridgehead atoms. The number of phenols is 2. The molecular formula is C21H16Cl4O2. The van der Waals surface area contributed by atoms with Gasteiger partial charge in [0.05, 0.1) is 20.1 Å². The van der Waals surface area contributed by atoms with Gasteiger partial charge in [-0.1, -0.05) is 83.7 Å². The Morgan fingerprint density at radius 2 is 1.04 bits per heavy atom. The molecule has 27 heavy (non-hydrogen) atoms. The van der Waals surface area contributed by atoms with Crippen LogP contribution in [0.5, 0.6) is 11.5 Å². The summed E-state index contributed by atoms with van der Waals surface area (Å²) in [4.78, 5) is 0. The molecule has 0 aliphatic heterocycles. The maximum absolute atomic E-state index is 10.00. The molecule has 0 aromatic heterocycles. The van der Waals surface area contributed by atoms with E-state index in [0.29, 0.717) is 6.42 Å². The highest BCUT2D eigenvalue weighted by Crippen LogP contribution is 2.48. The van der Waals surface area contributed by atoms with Crippen LogP contribution in [0.4, 0.5) is 0 Å². The Morgan fingerprint density at radius 1 is 0.667 bits per heavy atom. The third-order valence-corrected chi connectivity index (χ3v) is 5.97. The van der Waals surface area contributed by atoms with Crippen LogP contribution in [0, 0.1) is 0 Å². The summed E-state index contributed by atoms with van der Waals surface area (Å²) in [5.41, 5.74) is 1.84. The summed E-state index contributed by atoms with van der Waals surface area (Å²) in [6, 6.07) is 16.5. The molecule has 140 valence electrons. The van der Waals surface area contributed by atoms with Crippen molar-refractivity contribution in [1.82, 2.24) is 0 Å². The number of halogens is 4. The first-order valence-corrected chi connectivity index (χ1v) is 9.75. The van der Waals surface area contributed by atoms with Crippen molar-refractivity contribution in [3.05, 3.63) is 91.4 Å². The second-order valence-corrected chi connectivity index (χ2v) is 7.83. The van der Waals surface area contributed by atoms with Crippen molar-refractivity contribution in [3.8, 4) is 11.5 Å². The monoisotopic (exact) mass is 440 g/mol. The zero-order valence-electron chi connectivity index (χ0n) is 14.3. The SMILES string of the molecule is CCC(c1ccccc1)(c1cc(Cl)c(O)c(Cl)c1)c1cc(Cl)c(O)c(Cl)c1. The second kappa shape index (κ2) is 7.81. The van der Waals surface area contributed by atoms with Crippen molar-refractivity contribution >= 4 is 46.4 Å². The standard InChI is InChI=1S/C21H16Cl4O2/c1-2-21(12-6-4-3-5-7-12,13-8-15(22)19(26)16(23)9-13)14-10-17(24)20(27)18(25)11-14/h3-11,26-27H,2H2,1H3. The van der Waals surface area contributed by atoms with E-state index in [1.165, 1.54) is 0 Å². The lowest BCUT2D eigenvalue weighted by Crippen LogP contribution is -2.28. The molecule has 0 saturated carbocycles. The Labute approximate surface area is 177 Å². The van der Waals surface area contributed by atoms with Gasteiger partial charge in [0.25, 0.3) is 0 Å². The molecule has 0 fully saturated rings. The summed E-state index contributed by atoms with van der Waals surface area (Å²) in [7, 11) is 0. The van der Waals surface area contributed by atoms with Crippen LogP contribution < -0.4 is 0 Å². The minimum Gasteiger partial charge on any atom is -0.505 e. The van der Waals surface area contributed by atoms with E-state index in [9.17, 15) is 10.2 Å². The molecule has 0 saturated heterocycles. The molecule has 0 unspecified atom stereocenters. The van der Waals surface area contributed by atoms with Crippen LogP contribution in [0.1, 0.15) is 30.0 Å². The third-order valence-electron chi connectivity index (χ3n) is 4.82. The van der Waals surface area contributed by atoms with Crippen LogP contribution in [-0.2, 0) is 5.41 Å². The van der Waals surface area contributed by atoms with Crippen LogP contribution >= 0.6 is 46.4 Å². The van der Waals surface area contributed by atoms with Gasteiger partial charge in [0.15, 0.2) is 11.5 Å². The van der Waals surface area contributed by atoms with Crippen LogP contribution in [0.2, 0.25) is 20.1 Å². The van der Waals surface area contributed by atoms with E-state index in [2.05, 4.69) is 0 Å². The van der Waals surface area contributed by atoms with Crippen LogP contribution in [0.25, 0.3) is 0 Å². The van der Waals surface area contributed by atoms with E-state index < -0.39 is 5.41 Å². The zero-order valence-corrected chi connectivity index (χ0v) is 17.3. The maximum Gasteiger partial charge on any atom is 0.152 e. The van der Waals surface area contributed by atoms with Crippen LogP contribution in [0.3, 0.4) is 0 Å². The Morgan fingerprint density at radius 3 is 1.37 bits per heavy atom. The average Bonchev–Trinajstić information content (AvgIpc) is 2.66. The smallest absolute Gasteiger partial charge is 0.152 e. The number of rotatable bonds is 4. The molecule has 0 aliphatic rings. The van der Waals surface area contributed by atoms with Gasteiger partial charge in [0.2, 0.25) is 0 Å². The molecule has 3 aromatic rings. The minimum atomic E-state index is -0.691. The van der Waals surface area contributed by atoms with Gasteiger partial charge in [0, 0.05) is 5.41 Å². The van der Waals surface area contributed by atoms with E-state index in [0.717, 1.165) is 16.7 Å². The largest absolute Gasteiger partial charge is 0.505 e. The highest BCUT2D eigenvalue weighted by atomic mass is 35.5. The number of hydrogen-bond acceptors (Lipinski definition) is 2. The molecule has 0 radical (unpaired) electrons. The Hall–Kier alpha value is -1.58. The van der Waals surface area contributed by atoms with E-state index in [1.54, 1.807) is 24.3 Å². The van der Waals surface area contributed by atoms with E-state index in [-0.39, 0.29) is 31.6 Å². The summed E-state index contributed by atoms with van der Waals surface area (Å²) in [6.45, 7) is 2.02. The molecule has 2 nitrogen and oxygen atoms in total. The lowest BCUT2D eigenvalue weighted by atomic mass is 9.67. The maximum atomic E-state index is 10.00. The van der Waals surface area contributed by atoms with Gasteiger partial charge < -0.3 is 10.2 Å². The minimum absolute atomic E-state index is 0.155. The van der Waals surface area contributed by atoms with Crippen molar-refractivity contribution in [2.75, 3.05) is 0 Å². The zero-order chi connectivity index (χ0) is 19.8. The topological polar surface area (TPSA) is 40.5 Å².